The summed E-state index contributed by atoms with van der Waals surface area (Å²) in [7, 11) is 0. The number of nitrogens with zero attached hydrogens (tertiary/aromatic N) is 1. The lowest BCUT2D eigenvalue weighted by Gasteiger charge is -2.35. The summed E-state index contributed by atoms with van der Waals surface area (Å²) in [6.07, 6.45) is 5.93. The van der Waals surface area contributed by atoms with E-state index in [4.69, 9.17) is 14.2 Å². The molecule has 0 aromatic heterocycles. The first kappa shape index (κ1) is 16.2. The van der Waals surface area contributed by atoms with E-state index in [1.807, 2.05) is 4.90 Å². The van der Waals surface area contributed by atoms with Crippen molar-refractivity contribution in [2.75, 3.05) is 46.1 Å². The van der Waals surface area contributed by atoms with Gasteiger partial charge >= 0.3 is 0 Å². The minimum absolute atomic E-state index is 0.165. The normalized spacial score (nSPS) is 31.2. The van der Waals surface area contributed by atoms with Gasteiger partial charge in [0.15, 0.2) is 0 Å². The van der Waals surface area contributed by atoms with Crippen molar-refractivity contribution >= 4 is 5.91 Å². The van der Waals surface area contributed by atoms with Crippen molar-refractivity contribution < 1.29 is 19.0 Å². The standard InChI is InChI=1S/C16H28N2O4/c19-16(15-12-20-10-6-17-15)18-7-4-13(5-8-18)22-11-14-3-1-2-9-21-14/h13-15,17H,1-12H2. The number of nitrogens with one attached hydrogen (secondary N) is 1. The molecule has 0 aromatic rings. The largest absolute Gasteiger partial charge is 0.378 e. The molecule has 0 aromatic carbocycles. The third-order valence-corrected chi connectivity index (χ3v) is 4.77. The first-order chi connectivity index (χ1) is 10.8. The van der Waals surface area contributed by atoms with Crippen LogP contribution in [-0.4, -0.2) is 75.1 Å². The molecule has 1 N–H and O–H groups in total. The SMILES string of the molecule is O=C(C1COCCN1)N1CCC(OCC2CCCCO2)CC1. The fraction of sp³-hybridized carbons (Fsp3) is 0.938. The Morgan fingerprint density at radius 3 is 2.73 bits per heavy atom. The van der Waals surface area contributed by atoms with Crippen molar-refractivity contribution in [3.05, 3.63) is 0 Å². The zero-order chi connectivity index (χ0) is 15.2. The summed E-state index contributed by atoms with van der Waals surface area (Å²) in [5, 5.41) is 3.23. The van der Waals surface area contributed by atoms with E-state index >= 15 is 0 Å². The Hall–Kier alpha value is -0.690. The molecule has 3 aliphatic heterocycles. The summed E-state index contributed by atoms with van der Waals surface area (Å²) in [5.41, 5.74) is 0. The van der Waals surface area contributed by atoms with Crippen molar-refractivity contribution in [3.8, 4) is 0 Å². The number of piperidine rings is 1. The van der Waals surface area contributed by atoms with Crippen LogP contribution in [0.5, 0.6) is 0 Å². The summed E-state index contributed by atoms with van der Waals surface area (Å²) < 4.78 is 17.1. The van der Waals surface area contributed by atoms with Crippen molar-refractivity contribution in [2.24, 2.45) is 0 Å². The molecule has 0 saturated carbocycles. The molecule has 0 bridgehead atoms. The van der Waals surface area contributed by atoms with Crippen molar-refractivity contribution in [1.82, 2.24) is 10.2 Å². The fourth-order valence-corrected chi connectivity index (χ4v) is 3.37. The number of ether oxygens (including phenoxy) is 3. The number of hydrogen-bond donors (Lipinski definition) is 1. The van der Waals surface area contributed by atoms with Crippen LogP contribution in [0.2, 0.25) is 0 Å². The number of morpholine rings is 1. The van der Waals surface area contributed by atoms with Crippen molar-refractivity contribution in [3.63, 3.8) is 0 Å². The van der Waals surface area contributed by atoms with Crippen LogP contribution in [0.4, 0.5) is 0 Å². The van der Waals surface area contributed by atoms with Gasteiger partial charge in [-0.2, -0.15) is 0 Å². The van der Waals surface area contributed by atoms with Crippen LogP contribution in [-0.2, 0) is 19.0 Å². The predicted octanol–water partition coefficient (Wildman–Crippen LogP) is 0.552. The Kier molecular flexibility index (Phi) is 6.06. The maximum Gasteiger partial charge on any atom is 0.242 e. The molecule has 1 amide bonds. The van der Waals surface area contributed by atoms with Gasteiger partial charge in [-0.1, -0.05) is 0 Å². The molecule has 6 heteroatoms. The van der Waals surface area contributed by atoms with Gasteiger partial charge in [0.1, 0.15) is 6.04 Å². The Balaban J connectivity index is 1.35. The number of hydrogen-bond acceptors (Lipinski definition) is 5. The molecule has 6 nitrogen and oxygen atoms in total. The van der Waals surface area contributed by atoms with Gasteiger partial charge in [-0.15, -0.1) is 0 Å². The van der Waals surface area contributed by atoms with Gasteiger partial charge in [-0.05, 0) is 32.1 Å². The summed E-state index contributed by atoms with van der Waals surface area (Å²) in [4.78, 5) is 14.3. The van der Waals surface area contributed by atoms with E-state index in [0.717, 1.165) is 45.5 Å². The lowest BCUT2D eigenvalue weighted by molar-refractivity contribution is -0.139. The summed E-state index contributed by atoms with van der Waals surface area (Å²) >= 11 is 0. The van der Waals surface area contributed by atoms with Crippen LogP contribution >= 0.6 is 0 Å². The Morgan fingerprint density at radius 2 is 2.05 bits per heavy atom. The quantitative estimate of drug-likeness (QED) is 0.821. The Morgan fingerprint density at radius 1 is 1.18 bits per heavy atom. The van der Waals surface area contributed by atoms with E-state index in [9.17, 15) is 4.79 Å². The number of likely N-dealkylation sites (tertiary alicyclic amines) is 1. The Labute approximate surface area is 132 Å². The monoisotopic (exact) mass is 312 g/mol. The van der Waals surface area contributed by atoms with Gasteiger partial charge in [0.05, 0.1) is 32.0 Å². The highest BCUT2D eigenvalue weighted by atomic mass is 16.5. The van der Waals surface area contributed by atoms with Gasteiger partial charge in [0, 0.05) is 26.2 Å². The summed E-state index contributed by atoms with van der Waals surface area (Å²) in [6.45, 7) is 5.10. The molecule has 22 heavy (non-hydrogen) atoms. The second kappa shape index (κ2) is 8.24. The molecule has 2 atom stereocenters. The van der Waals surface area contributed by atoms with Crippen LogP contribution in [0.15, 0.2) is 0 Å². The van der Waals surface area contributed by atoms with Gasteiger partial charge in [-0.3, -0.25) is 4.79 Å². The average molecular weight is 312 g/mol. The van der Waals surface area contributed by atoms with Crippen LogP contribution in [0.1, 0.15) is 32.1 Å². The topological polar surface area (TPSA) is 60.0 Å². The van der Waals surface area contributed by atoms with E-state index in [2.05, 4.69) is 5.32 Å². The fourth-order valence-electron chi connectivity index (χ4n) is 3.37. The molecular formula is C16H28N2O4. The van der Waals surface area contributed by atoms with Gasteiger partial charge in [-0.25, -0.2) is 0 Å². The van der Waals surface area contributed by atoms with Crippen molar-refractivity contribution in [1.29, 1.82) is 0 Å². The number of carbonyl (C=O) groups is 1. The van der Waals surface area contributed by atoms with Crippen LogP contribution in [0, 0.1) is 0 Å². The van der Waals surface area contributed by atoms with E-state index in [1.54, 1.807) is 0 Å². The maximum atomic E-state index is 12.4. The molecule has 0 aliphatic carbocycles. The molecule has 126 valence electrons. The van der Waals surface area contributed by atoms with Crippen molar-refractivity contribution in [2.45, 2.75) is 50.4 Å². The first-order valence-corrected chi connectivity index (χ1v) is 8.66. The molecule has 3 heterocycles. The molecule has 0 radical (unpaired) electrons. The zero-order valence-electron chi connectivity index (χ0n) is 13.3. The van der Waals surface area contributed by atoms with Crippen LogP contribution < -0.4 is 5.32 Å². The second-order valence-electron chi connectivity index (χ2n) is 6.43. The van der Waals surface area contributed by atoms with E-state index in [0.29, 0.717) is 19.8 Å². The van der Waals surface area contributed by atoms with Gasteiger partial charge in [0.25, 0.3) is 0 Å². The molecular weight excluding hydrogens is 284 g/mol. The van der Waals surface area contributed by atoms with Crippen LogP contribution in [0.3, 0.4) is 0 Å². The first-order valence-electron chi connectivity index (χ1n) is 8.66. The average Bonchev–Trinajstić information content (AvgIpc) is 2.61. The third-order valence-electron chi connectivity index (χ3n) is 4.77. The molecule has 3 rings (SSSR count). The lowest BCUT2D eigenvalue weighted by Crippen LogP contribution is -2.54. The highest BCUT2D eigenvalue weighted by Gasteiger charge is 2.30. The molecule has 3 aliphatic rings. The minimum atomic E-state index is -0.165. The minimum Gasteiger partial charge on any atom is -0.378 e. The Bertz CT molecular complexity index is 346. The zero-order valence-corrected chi connectivity index (χ0v) is 13.3. The maximum absolute atomic E-state index is 12.4. The van der Waals surface area contributed by atoms with Gasteiger partial charge in [0.2, 0.25) is 5.91 Å². The molecule has 3 fully saturated rings. The van der Waals surface area contributed by atoms with E-state index in [-0.39, 0.29) is 24.2 Å². The number of amides is 1. The van der Waals surface area contributed by atoms with E-state index < -0.39 is 0 Å². The van der Waals surface area contributed by atoms with Gasteiger partial charge < -0.3 is 24.4 Å². The number of rotatable bonds is 4. The number of carbonyl (C=O) groups excluding carboxylic acids is 1. The smallest absolute Gasteiger partial charge is 0.242 e. The van der Waals surface area contributed by atoms with E-state index in [1.165, 1.54) is 12.8 Å². The molecule has 2 unspecified atom stereocenters. The lowest BCUT2D eigenvalue weighted by atomic mass is 10.1. The third kappa shape index (κ3) is 4.41. The summed E-state index contributed by atoms with van der Waals surface area (Å²) in [6, 6.07) is -0.165. The predicted molar refractivity (Wildman–Crippen MR) is 81.8 cm³/mol. The molecule has 3 saturated heterocycles. The van der Waals surface area contributed by atoms with Crippen LogP contribution in [0.25, 0.3) is 0 Å². The summed E-state index contributed by atoms with van der Waals surface area (Å²) in [5.74, 6) is 0.175. The second-order valence-corrected chi connectivity index (χ2v) is 6.43. The highest BCUT2D eigenvalue weighted by Crippen LogP contribution is 2.18. The molecule has 0 spiro atoms. The highest BCUT2D eigenvalue weighted by molar-refractivity contribution is 5.82.